The lowest BCUT2D eigenvalue weighted by Gasteiger charge is -2.08. The molecule has 1 rings (SSSR count). The van der Waals surface area contributed by atoms with Crippen LogP contribution in [0.25, 0.3) is 0 Å². The van der Waals surface area contributed by atoms with E-state index < -0.39 is 0 Å². The maximum atomic E-state index is 11.5. The number of anilines is 1. The molecule has 0 aromatic heterocycles. The van der Waals surface area contributed by atoms with Gasteiger partial charge in [-0.1, -0.05) is 23.7 Å². The molecule has 0 spiro atoms. The minimum Gasteiger partial charge on any atom is -0.382 e. The van der Waals surface area contributed by atoms with E-state index in [0.717, 1.165) is 0 Å². The molecule has 0 aliphatic rings. The molecule has 1 amide bonds. The molecule has 94 valence electrons. The molecule has 0 aliphatic heterocycles. The van der Waals surface area contributed by atoms with Gasteiger partial charge in [-0.2, -0.15) is 5.48 Å². The lowest BCUT2D eigenvalue weighted by atomic mass is 10.3. The molecule has 0 fully saturated rings. The summed E-state index contributed by atoms with van der Waals surface area (Å²) in [4.78, 5) is 16.4. The molecule has 1 aromatic rings. The predicted molar refractivity (Wildman–Crippen MR) is 65.9 cm³/mol. The molecule has 17 heavy (non-hydrogen) atoms. The predicted octanol–water partition coefficient (Wildman–Crippen LogP) is 1.45. The molecule has 6 heteroatoms. The van der Waals surface area contributed by atoms with Gasteiger partial charge in [0.05, 0.1) is 23.9 Å². The van der Waals surface area contributed by atoms with Gasteiger partial charge in [0.15, 0.2) is 0 Å². The van der Waals surface area contributed by atoms with E-state index in [-0.39, 0.29) is 12.5 Å². The summed E-state index contributed by atoms with van der Waals surface area (Å²) in [6.45, 7) is 0.907. The fourth-order valence-corrected chi connectivity index (χ4v) is 1.25. The van der Waals surface area contributed by atoms with Crippen LogP contribution in [-0.4, -0.2) is 32.8 Å². The van der Waals surface area contributed by atoms with Crippen LogP contribution in [0.3, 0.4) is 0 Å². The number of nitrogens with one attached hydrogen (secondary N) is 2. The largest absolute Gasteiger partial charge is 0.382 e. The Balaban J connectivity index is 2.23. The summed E-state index contributed by atoms with van der Waals surface area (Å²) in [5.74, 6) is -0.226. The average molecular weight is 259 g/mol. The quantitative estimate of drug-likeness (QED) is 0.574. The Labute approximate surface area is 105 Å². The van der Waals surface area contributed by atoms with Crippen molar-refractivity contribution in [1.29, 1.82) is 0 Å². The highest BCUT2D eigenvalue weighted by Gasteiger charge is 2.04. The van der Waals surface area contributed by atoms with Gasteiger partial charge in [-0.25, -0.2) is 0 Å². The molecule has 5 nitrogen and oxygen atoms in total. The highest BCUT2D eigenvalue weighted by Crippen LogP contribution is 2.19. The van der Waals surface area contributed by atoms with Crippen LogP contribution in [0.15, 0.2) is 24.3 Å². The number of hydroxylamine groups is 1. The summed E-state index contributed by atoms with van der Waals surface area (Å²) in [5, 5.41) is 3.16. The number of carbonyl (C=O) groups excluding carboxylic acids is 1. The first-order valence-corrected chi connectivity index (χ1v) is 5.50. The zero-order valence-electron chi connectivity index (χ0n) is 9.53. The van der Waals surface area contributed by atoms with Gasteiger partial charge in [0.25, 0.3) is 0 Å². The van der Waals surface area contributed by atoms with Crippen LogP contribution in [0.1, 0.15) is 0 Å². The Morgan fingerprint density at radius 2 is 2.12 bits per heavy atom. The summed E-state index contributed by atoms with van der Waals surface area (Å²) in [7, 11) is 1.58. The van der Waals surface area contributed by atoms with E-state index in [2.05, 4.69) is 10.8 Å². The molecule has 2 N–H and O–H groups in total. The fraction of sp³-hybridized carbons (Fsp3) is 0.364. The average Bonchev–Trinajstić information content (AvgIpc) is 2.32. The van der Waals surface area contributed by atoms with Crippen molar-refractivity contribution in [1.82, 2.24) is 5.48 Å². The fourth-order valence-electron chi connectivity index (χ4n) is 1.07. The molecule has 1 aromatic carbocycles. The molecule has 0 heterocycles. The minimum absolute atomic E-state index is 0.0505. The van der Waals surface area contributed by atoms with Crippen LogP contribution in [0.4, 0.5) is 5.69 Å². The van der Waals surface area contributed by atoms with Crippen molar-refractivity contribution in [2.75, 3.05) is 32.2 Å². The molecule has 0 unspecified atom stereocenters. The molecule has 0 atom stereocenters. The number of benzene rings is 1. The van der Waals surface area contributed by atoms with Crippen molar-refractivity contribution >= 4 is 23.2 Å². The zero-order chi connectivity index (χ0) is 12.5. The minimum atomic E-state index is -0.226. The van der Waals surface area contributed by atoms with E-state index >= 15 is 0 Å². The van der Waals surface area contributed by atoms with Gasteiger partial charge in [0.2, 0.25) is 5.91 Å². The topological polar surface area (TPSA) is 59.6 Å². The van der Waals surface area contributed by atoms with Crippen molar-refractivity contribution in [2.24, 2.45) is 0 Å². The van der Waals surface area contributed by atoms with Crippen molar-refractivity contribution in [3.8, 4) is 0 Å². The van der Waals surface area contributed by atoms with Gasteiger partial charge in [0.1, 0.15) is 6.54 Å². The SMILES string of the molecule is COCCONCC(=O)Nc1ccccc1Cl. The van der Waals surface area contributed by atoms with Gasteiger partial charge in [0, 0.05) is 7.11 Å². The lowest BCUT2D eigenvalue weighted by Crippen LogP contribution is -2.29. The summed E-state index contributed by atoms with van der Waals surface area (Å²) >= 11 is 5.89. The number of para-hydroxylation sites is 1. The van der Waals surface area contributed by atoms with Gasteiger partial charge in [-0.3, -0.25) is 9.63 Å². The van der Waals surface area contributed by atoms with Crippen molar-refractivity contribution in [2.45, 2.75) is 0 Å². The van der Waals surface area contributed by atoms with Crippen molar-refractivity contribution in [3.05, 3.63) is 29.3 Å². The summed E-state index contributed by atoms with van der Waals surface area (Å²) in [6, 6.07) is 7.03. The van der Waals surface area contributed by atoms with E-state index in [1.54, 1.807) is 31.4 Å². The van der Waals surface area contributed by atoms with Crippen molar-refractivity contribution in [3.63, 3.8) is 0 Å². The molecule has 0 aliphatic carbocycles. The highest BCUT2D eigenvalue weighted by molar-refractivity contribution is 6.33. The first-order valence-electron chi connectivity index (χ1n) is 5.12. The van der Waals surface area contributed by atoms with Crippen LogP contribution in [0.5, 0.6) is 0 Å². The normalized spacial score (nSPS) is 10.2. The van der Waals surface area contributed by atoms with Crippen LogP contribution < -0.4 is 10.8 Å². The molecule has 0 radical (unpaired) electrons. The monoisotopic (exact) mass is 258 g/mol. The third-order valence-electron chi connectivity index (χ3n) is 1.87. The smallest absolute Gasteiger partial charge is 0.240 e. The molecular formula is C11H15ClN2O3. The van der Waals surface area contributed by atoms with Crippen LogP contribution in [-0.2, 0) is 14.4 Å². The third-order valence-corrected chi connectivity index (χ3v) is 2.20. The Hall–Kier alpha value is -1.14. The van der Waals surface area contributed by atoms with Crippen LogP contribution >= 0.6 is 11.6 Å². The standard InChI is InChI=1S/C11H15ClN2O3/c1-16-6-7-17-13-8-11(15)14-10-5-3-2-4-9(10)12/h2-5,13H,6-8H2,1H3,(H,14,15). The Morgan fingerprint density at radius 3 is 2.82 bits per heavy atom. The van der Waals surface area contributed by atoms with Crippen LogP contribution in [0.2, 0.25) is 5.02 Å². The number of ether oxygens (including phenoxy) is 1. The van der Waals surface area contributed by atoms with E-state index in [9.17, 15) is 4.79 Å². The number of rotatable bonds is 7. The second-order valence-electron chi connectivity index (χ2n) is 3.19. The van der Waals surface area contributed by atoms with Gasteiger partial charge in [-0.05, 0) is 12.1 Å². The van der Waals surface area contributed by atoms with Gasteiger partial charge < -0.3 is 10.1 Å². The van der Waals surface area contributed by atoms with E-state index in [1.807, 2.05) is 0 Å². The highest BCUT2D eigenvalue weighted by atomic mass is 35.5. The summed E-state index contributed by atoms with van der Waals surface area (Å²) in [6.07, 6.45) is 0. The number of hydrogen-bond acceptors (Lipinski definition) is 4. The second kappa shape index (κ2) is 8.03. The van der Waals surface area contributed by atoms with E-state index in [4.69, 9.17) is 21.2 Å². The van der Waals surface area contributed by atoms with Crippen molar-refractivity contribution < 1.29 is 14.4 Å². The summed E-state index contributed by atoms with van der Waals surface area (Å²) < 4.78 is 4.78. The maximum Gasteiger partial charge on any atom is 0.240 e. The van der Waals surface area contributed by atoms with E-state index in [1.165, 1.54) is 0 Å². The number of amides is 1. The second-order valence-corrected chi connectivity index (χ2v) is 3.60. The Morgan fingerprint density at radius 1 is 1.35 bits per heavy atom. The number of hydrogen-bond donors (Lipinski definition) is 2. The van der Waals surface area contributed by atoms with Crippen LogP contribution in [0, 0.1) is 0 Å². The third kappa shape index (κ3) is 5.65. The Kier molecular flexibility index (Phi) is 6.57. The molecular weight excluding hydrogens is 244 g/mol. The molecule has 0 saturated heterocycles. The van der Waals surface area contributed by atoms with Gasteiger partial charge >= 0.3 is 0 Å². The van der Waals surface area contributed by atoms with E-state index in [0.29, 0.717) is 23.9 Å². The maximum absolute atomic E-state index is 11.5. The first-order chi connectivity index (χ1) is 8.24. The Bertz CT molecular complexity index is 360. The number of halogens is 1. The lowest BCUT2D eigenvalue weighted by molar-refractivity contribution is -0.118. The van der Waals surface area contributed by atoms with Gasteiger partial charge in [-0.15, -0.1) is 0 Å². The number of carbonyl (C=O) groups is 1. The summed E-state index contributed by atoms with van der Waals surface area (Å²) in [5.41, 5.74) is 3.11. The molecule has 0 saturated carbocycles. The zero-order valence-corrected chi connectivity index (χ0v) is 10.3. The first kappa shape index (κ1) is 13.9. The number of methoxy groups -OCH3 is 1. The molecule has 0 bridgehead atoms.